The summed E-state index contributed by atoms with van der Waals surface area (Å²) in [6, 6.07) is 0. The molecule has 0 amide bonds. The lowest BCUT2D eigenvalue weighted by Gasteiger charge is -2.32. The Hall–Kier alpha value is -1.06. The summed E-state index contributed by atoms with van der Waals surface area (Å²) < 4.78 is 0. The Bertz CT molecular complexity index is 235. The molecular formula is C11H20O4. The second-order valence-electron chi connectivity index (χ2n) is 4.62. The van der Waals surface area contributed by atoms with Gasteiger partial charge in [0.25, 0.3) is 0 Å². The van der Waals surface area contributed by atoms with Gasteiger partial charge >= 0.3 is 11.9 Å². The largest absolute Gasteiger partial charge is 0.481 e. The lowest BCUT2D eigenvalue weighted by molar-refractivity contribution is -0.156. The van der Waals surface area contributed by atoms with Crippen LogP contribution in [0.4, 0.5) is 0 Å². The third-order valence-corrected chi connectivity index (χ3v) is 3.37. The van der Waals surface area contributed by atoms with Crippen LogP contribution in [0.15, 0.2) is 0 Å². The SMILES string of the molecule is CCC(C)(CC(C)(CC)C(=O)O)C(=O)O. The van der Waals surface area contributed by atoms with Crippen LogP contribution in [0, 0.1) is 10.8 Å². The third kappa shape index (κ3) is 2.94. The molecule has 88 valence electrons. The fourth-order valence-electron chi connectivity index (χ4n) is 1.56. The van der Waals surface area contributed by atoms with Crippen LogP contribution in [0.25, 0.3) is 0 Å². The summed E-state index contributed by atoms with van der Waals surface area (Å²) in [6.07, 6.45) is 1.04. The van der Waals surface area contributed by atoms with Crippen molar-refractivity contribution in [3.05, 3.63) is 0 Å². The zero-order valence-electron chi connectivity index (χ0n) is 9.83. The molecule has 2 unspecified atom stereocenters. The van der Waals surface area contributed by atoms with Crippen LogP contribution in [0.2, 0.25) is 0 Å². The lowest BCUT2D eigenvalue weighted by atomic mass is 9.70. The van der Waals surface area contributed by atoms with E-state index in [9.17, 15) is 9.59 Å². The molecule has 0 aromatic heterocycles. The molecule has 0 aromatic rings. The molecular weight excluding hydrogens is 196 g/mol. The minimum Gasteiger partial charge on any atom is -0.481 e. The van der Waals surface area contributed by atoms with Crippen molar-refractivity contribution in [1.82, 2.24) is 0 Å². The van der Waals surface area contributed by atoms with Gasteiger partial charge in [-0.25, -0.2) is 0 Å². The molecule has 0 bridgehead atoms. The molecule has 2 N–H and O–H groups in total. The highest BCUT2D eigenvalue weighted by molar-refractivity contribution is 5.78. The average Bonchev–Trinajstić information content (AvgIpc) is 2.16. The molecule has 0 rings (SSSR count). The van der Waals surface area contributed by atoms with E-state index in [1.807, 2.05) is 0 Å². The quantitative estimate of drug-likeness (QED) is 0.714. The summed E-state index contributed by atoms with van der Waals surface area (Å²) in [5, 5.41) is 18.2. The number of aliphatic carboxylic acids is 2. The second-order valence-corrected chi connectivity index (χ2v) is 4.62. The van der Waals surface area contributed by atoms with Gasteiger partial charge in [0.2, 0.25) is 0 Å². The second kappa shape index (κ2) is 4.64. The summed E-state index contributed by atoms with van der Waals surface area (Å²) in [5.74, 6) is -1.85. The Balaban J connectivity index is 4.95. The van der Waals surface area contributed by atoms with Crippen molar-refractivity contribution in [2.75, 3.05) is 0 Å². The van der Waals surface area contributed by atoms with Crippen molar-refractivity contribution < 1.29 is 19.8 Å². The van der Waals surface area contributed by atoms with Gasteiger partial charge in [0.05, 0.1) is 10.8 Å². The van der Waals surface area contributed by atoms with Crippen LogP contribution in [0.3, 0.4) is 0 Å². The van der Waals surface area contributed by atoms with E-state index < -0.39 is 22.8 Å². The predicted octanol–water partition coefficient (Wildman–Crippen LogP) is 2.38. The maximum atomic E-state index is 11.1. The number of carbonyl (C=O) groups is 2. The molecule has 0 spiro atoms. The molecule has 0 heterocycles. The van der Waals surface area contributed by atoms with Crippen molar-refractivity contribution in [2.45, 2.75) is 47.0 Å². The molecule has 0 radical (unpaired) electrons. The van der Waals surface area contributed by atoms with Crippen LogP contribution >= 0.6 is 0 Å². The van der Waals surface area contributed by atoms with E-state index in [1.165, 1.54) is 0 Å². The first-order valence-corrected chi connectivity index (χ1v) is 5.18. The van der Waals surface area contributed by atoms with Gasteiger partial charge in [-0.1, -0.05) is 13.8 Å². The number of hydrogen-bond donors (Lipinski definition) is 2. The normalized spacial score (nSPS) is 18.9. The zero-order valence-corrected chi connectivity index (χ0v) is 9.83. The smallest absolute Gasteiger partial charge is 0.309 e. The fraction of sp³-hybridized carbons (Fsp3) is 0.818. The Morgan fingerprint density at radius 2 is 1.20 bits per heavy atom. The Morgan fingerprint density at radius 3 is 1.33 bits per heavy atom. The zero-order chi connectivity index (χ0) is 12.3. The van der Waals surface area contributed by atoms with Crippen LogP contribution in [-0.2, 0) is 9.59 Å². The van der Waals surface area contributed by atoms with Gasteiger partial charge in [0, 0.05) is 0 Å². The van der Waals surface area contributed by atoms with E-state index in [2.05, 4.69) is 0 Å². The average molecular weight is 216 g/mol. The van der Waals surface area contributed by atoms with Crippen molar-refractivity contribution in [2.24, 2.45) is 10.8 Å². The standard InChI is InChI=1S/C11H20O4/c1-5-10(3,8(12)13)7-11(4,6-2)9(14)15/h5-7H2,1-4H3,(H,12,13)(H,14,15). The molecule has 4 heteroatoms. The number of hydrogen-bond acceptors (Lipinski definition) is 2. The van der Waals surface area contributed by atoms with E-state index in [1.54, 1.807) is 27.7 Å². The first-order valence-electron chi connectivity index (χ1n) is 5.18. The van der Waals surface area contributed by atoms with E-state index in [4.69, 9.17) is 10.2 Å². The summed E-state index contributed by atoms with van der Waals surface area (Å²) in [6.45, 7) is 6.75. The molecule has 0 aliphatic heterocycles. The van der Waals surface area contributed by atoms with Gasteiger partial charge in [0.1, 0.15) is 0 Å². The minimum atomic E-state index is -0.955. The Labute approximate surface area is 90.3 Å². The first-order chi connectivity index (χ1) is 6.72. The molecule has 0 aliphatic rings. The van der Waals surface area contributed by atoms with Crippen LogP contribution < -0.4 is 0 Å². The van der Waals surface area contributed by atoms with Crippen molar-refractivity contribution in [1.29, 1.82) is 0 Å². The number of carboxylic acids is 2. The molecule has 0 saturated heterocycles. The topological polar surface area (TPSA) is 74.6 Å². The maximum Gasteiger partial charge on any atom is 0.309 e. The van der Waals surface area contributed by atoms with Crippen LogP contribution in [-0.4, -0.2) is 22.2 Å². The maximum absolute atomic E-state index is 11.1. The minimum absolute atomic E-state index is 0.164. The van der Waals surface area contributed by atoms with Crippen LogP contribution in [0.1, 0.15) is 47.0 Å². The monoisotopic (exact) mass is 216 g/mol. The highest BCUT2D eigenvalue weighted by Gasteiger charge is 2.42. The molecule has 0 aliphatic carbocycles. The third-order valence-electron chi connectivity index (χ3n) is 3.37. The molecule has 2 atom stereocenters. The first kappa shape index (κ1) is 13.9. The van der Waals surface area contributed by atoms with Crippen molar-refractivity contribution >= 4 is 11.9 Å². The van der Waals surface area contributed by atoms with Gasteiger partial charge < -0.3 is 10.2 Å². The highest BCUT2D eigenvalue weighted by Crippen LogP contribution is 2.39. The summed E-state index contributed by atoms with van der Waals surface area (Å²) in [7, 11) is 0. The summed E-state index contributed by atoms with van der Waals surface area (Å²) >= 11 is 0. The fourth-order valence-corrected chi connectivity index (χ4v) is 1.56. The molecule has 4 nitrogen and oxygen atoms in total. The number of rotatable bonds is 6. The molecule has 0 fully saturated rings. The Morgan fingerprint density at radius 1 is 0.933 bits per heavy atom. The van der Waals surface area contributed by atoms with Gasteiger partial charge in [-0.3, -0.25) is 9.59 Å². The van der Waals surface area contributed by atoms with Gasteiger partial charge in [-0.15, -0.1) is 0 Å². The van der Waals surface area contributed by atoms with Crippen molar-refractivity contribution in [3.63, 3.8) is 0 Å². The van der Waals surface area contributed by atoms with E-state index in [0.717, 1.165) is 0 Å². The van der Waals surface area contributed by atoms with Crippen molar-refractivity contribution in [3.8, 4) is 0 Å². The van der Waals surface area contributed by atoms with E-state index in [-0.39, 0.29) is 6.42 Å². The summed E-state index contributed by atoms with van der Waals surface area (Å²) in [5.41, 5.74) is -1.91. The van der Waals surface area contributed by atoms with E-state index >= 15 is 0 Å². The van der Waals surface area contributed by atoms with E-state index in [0.29, 0.717) is 12.8 Å². The van der Waals surface area contributed by atoms with Gasteiger partial charge in [-0.05, 0) is 33.1 Å². The summed E-state index contributed by atoms with van der Waals surface area (Å²) in [4.78, 5) is 22.2. The molecule has 15 heavy (non-hydrogen) atoms. The van der Waals surface area contributed by atoms with Gasteiger partial charge in [0.15, 0.2) is 0 Å². The number of carboxylic acid groups (broad SMARTS) is 2. The van der Waals surface area contributed by atoms with Gasteiger partial charge in [-0.2, -0.15) is 0 Å². The molecule has 0 aromatic carbocycles. The lowest BCUT2D eigenvalue weighted by Crippen LogP contribution is -2.38. The predicted molar refractivity (Wildman–Crippen MR) is 56.7 cm³/mol. The molecule has 0 saturated carbocycles. The highest BCUT2D eigenvalue weighted by atomic mass is 16.4. The Kier molecular flexibility index (Phi) is 4.31. The van der Waals surface area contributed by atoms with Crippen LogP contribution in [0.5, 0.6) is 0 Å².